The summed E-state index contributed by atoms with van der Waals surface area (Å²) in [5.74, 6) is -0.616. The van der Waals surface area contributed by atoms with Gasteiger partial charge in [0.25, 0.3) is 0 Å². The highest BCUT2D eigenvalue weighted by molar-refractivity contribution is 5.66. The highest BCUT2D eigenvalue weighted by atomic mass is 16.5. The Hall–Kier alpha value is -0.690. The monoisotopic (exact) mass is 315 g/mol. The maximum Gasteiger partial charge on any atom is 0.303 e. The quantitative estimate of drug-likeness (QED) is 0.576. The lowest BCUT2D eigenvalue weighted by Crippen LogP contribution is -2.50. The van der Waals surface area contributed by atoms with E-state index in [0.29, 0.717) is 19.6 Å². The highest BCUT2D eigenvalue weighted by Gasteiger charge is 2.44. The molecule has 1 heterocycles. The van der Waals surface area contributed by atoms with Crippen molar-refractivity contribution >= 4 is 5.97 Å². The number of unbranched alkanes of at least 4 members (excludes halogenated alkanes) is 3. The number of morpholine rings is 1. The lowest BCUT2D eigenvalue weighted by atomic mass is 9.92. The van der Waals surface area contributed by atoms with E-state index < -0.39 is 18.2 Å². The summed E-state index contributed by atoms with van der Waals surface area (Å²) in [6, 6.07) is 0.0397. The summed E-state index contributed by atoms with van der Waals surface area (Å²) in [6.45, 7) is 3.04. The molecule has 0 spiro atoms. The fourth-order valence-corrected chi connectivity index (χ4v) is 3.84. The average Bonchev–Trinajstić information content (AvgIpc) is 2.77. The van der Waals surface area contributed by atoms with Gasteiger partial charge in [-0.1, -0.05) is 19.3 Å². The molecule has 0 radical (unpaired) electrons. The molecule has 128 valence electrons. The number of rotatable bonds is 8. The third kappa shape index (κ3) is 4.91. The van der Waals surface area contributed by atoms with Crippen LogP contribution in [0.1, 0.15) is 44.9 Å². The molecule has 0 aromatic rings. The van der Waals surface area contributed by atoms with E-state index in [4.69, 9.17) is 9.84 Å². The van der Waals surface area contributed by atoms with Gasteiger partial charge >= 0.3 is 5.97 Å². The molecule has 22 heavy (non-hydrogen) atoms. The number of carboxylic acids is 1. The first-order valence-corrected chi connectivity index (χ1v) is 8.49. The molecule has 0 amide bonds. The third-order valence-electron chi connectivity index (χ3n) is 4.96. The van der Waals surface area contributed by atoms with Gasteiger partial charge in [0.15, 0.2) is 0 Å². The Bertz CT molecular complexity index is 345. The molecule has 0 aromatic heterocycles. The van der Waals surface area contributed by atoms with Gasteiger partial charge in [-0.05, 0) is 12.8 Å². The topological polar surface area (TPSA) is 90.2 Å². The molecule has 1 saturated carbocycles. The number of aliphatic hydroxyl groups is 2. The minimum atomic E-state index is -0.735. The first-order chi connectivity index (χ1) is 10.6. The van der Waals surface area contributed by atoms with E-state index in [1.165, 1.54) is 0 Å². The van der Waals surface area contributed by atoms with Crippen LogP contribution in [0.2, 0.25) is 0 Å². The largest absolute Gasteiger partial charge is 0.481 e. The first kappa shape index (κ1) is 17.7. The number of aliphatic hydroxyl groups excluding tert-OH is 2. The standard InChI is InChI=1S/C16H29NO5/c18-13-11-14(19)16(17-7-9-22-10-8-17)12(13)5-3-1-2-4-6-15(20)21/h12-14,16,18-19H,1-11H2,(H,20,21)/t12-,13-,14+,16+/m0/s1. The van der Waals surface area contributed by atoms with E-state index in [1.54, 1.807) is 0 Å². The molecule has 2 aliphatic rings. The predicted molar refractivity (Wildman–Crippen MR) is 81.6 cm³/mol. The van der Waals surface area contributed by atoms with Crippen molar-refractivity contribution in [2.75, 3.05) is 26.3 Å². The smallest absolute Gasteiger partial charge is 0.303 e. The molecule has 1 aliphatic heterocycles. The van der Waals surface area contributed by atoms with E-state index in [2.05, 4.69) is 4.90 Å². The van der Waals surface area contributed by atoms with Crippen LogP contribution in [0.3, 0.4) is 0 Å². The Balaban J connectivity index is 1.75. The molecule has 1 aliphatic carbocycles. The van der Waals surface area contributed by atoms with Crippen molar-refractivity contribution in [2.45, 2.75) is 63.2 Å². The van der Waals surface area contributed by atoms with Gasteiger partial charge in [-0.25, -0.2) is 0 Å². The van der Waals surface area contributed by atoms with Crippen LogP contribution in [0.5, 0.6) is 0 Å². The fourth-order valence-electron chi connectivity index (χ4n) is 3.84. The van der Waals surface area contributed by atoms with Gasteiger partial charge in [0.1, 0.15) is 0 Å². The maximum absolute atomic E-state index is 10.5. The highest BCUT2D eigenvalue weighted by Crippen LogP contribution is 2.35. The van der Waals surface area contributed by atoms with E-state index in [1.807, 2.05) is 0 Å². The first-order valence-electron chi connectivity index (χ1n) is 8.49. The Morgan fingerprint density at radius 3 is 2.41 bits per heavy atom. The van der Waals surface area contributed by atoms with Crippen molar-refractivity contribution in [3.63, 3.8) is 0 Å². The average molecular weight is 315 g/mol. The number of nitrogens with zero attached hydrogens (tertiary/aromatic N) is 1. The minimum Gasteiger partial charge on any atom is -0.481 e. The van der Waals surface area contributed by atoms with Crippen molar-refractivity contribution in [1.29, 1.82) is 0 Å². The van der Waals surface area contributed by atoms with Gasteiger partial charge in [-0.15, -0.1) is 0 Å². The number of carbonyl (C=O) groups is 1. The van der Waals surface area contributed by atoms with Crippen molar-refractivity contribution in [3.8, 4) is 0 Å². The molecule has 0 unspecified atom stereocenters. The number of carboxylic acid groups (broad SMARTS) is 1. The predicted octanol–water partition coefficient (Wildman–Crippen LogP) is 0.854. The van der Waals surface area contributed by atoms with Crippen molar-refractivity contribution < 1.29 is 24.9 Å². The summed E-state index contributed by atoms with van der Waals surface area (Å²) in [4.78, 5) is 12.7. The van der Waals surface area contributed by atoms with Gasteiger partial charge < -0.3 is 20.1 Å². The maximum atomic E-state index is 10.5. The van der Waals surface area contributed by atoms with E-state index in [-0.39, 0.29) is 18.4 Å². The normalized spacial score (nSPS) is 33.2. The van der Waals surface area contributed by atoms with Crippen molar-refractivity contribution in [2.24, 2.45) is 5.92 Å². The zero-order chi connectivity index (χ0) is 15.9. The Kier molecular flexibility index (Phi) is 7.08. The minimum absolute atomic E-state index is 0.0397. The molecule has 1 saturated heterocycles. The molecule has 2 rings (SSSR count). The van der Waals surface area contributed by atoms with Crippen LogP contribution < -0.4 is 0 Å². The Morgan fingerprint density at radius 2 is 1.73 bits per heavy atom. The van der Waals surface area contributed by atoms with Crippen molar-refractivity contribution in [3.05, 3.63) is 0 Å². The summed E-state index contributed by atoms with van der Waals surface area (Å²) in [7, 11) is 0. The number of aliphatic carboxylic acids is 1. The zero-order valence-corrected chi connectivity index (χ0v) is 13.2. The number of hydrogen-bond acceptors (Lipinski definition) is 5. The summed E-state index contributed by atoms with van der Waals surface area (Å²) in [6.07, 6.45) is 4.32. The van der Waals surface area contributed by atoms with Crippen LogP contribution in [0.15, 0.2) is 0 Å². The van der Waals surface area contributed by atoms with Crippen LogP contribution in [-0.2, 0) is 9.53 Å². The van der Waals surface area contributed by atoms with Crippen molar-refractivity contribution in [1.82, 2.24) is 4.90 Å². The SMILES string of the molecule is O=C(O)CCCCCC[C@@H]1[C@@H](N2CCOCC2)[C@H](O)C[C@@H]1O. The van der Waals surface area contributed by atoms with E-state index >= 15 is 0 Å². The summed E-state index contributed by atoms with van der Waals surface area (Å²) in [5.41, 5.74) is 0. The third-order valence-corrected chi connectivity index (χ3v) is 4.96. The van der Waals surface area contributed by atoms with Gasteiger partial charge in [-0.2, -0.15) is 0 Å². The summed E-state index contributed by atoms with van der Waals surface area (Å²) >= 11 is 0. The van der Waals surface area contributed by atoms with Crippen LogP contribution in [-0.4, -0.2) is 70.7 Å². The molecule has 2 fully saturated rings. The molecular formula is C16H29NO5. The van der Waals surface area contributed by atoms with Gasteiger partial charge in [-0.3, -0.25) is 9.69 Å². The lowest BCUT2D eigenvalue weighted by Gasteiger charge is -2.37. The fraction of sp³-hybridized carbons (Fsp3) is 0.938. The second kappa shape index (κ2) is 8.82. The van der Waals surface area contributed by atoms with Crippen LogP contribution in [0, 0.1) is 5.92 Å². The van der Waals surface area contributed by atoms with Gasteiger partial charge in [0.05, 0.1) is 25.4 Å². The summed E-state index contributed by atoms with van der Waals surface area (Å²) in [5, 5.41) is 29.1. The molecule has 0 aromatic carbocycles. The molecule has 3 N–H and O–H groups in total. The zero-order valence-electron chi connectivity index (χ0n) is 13.2. The van der Waals surface area contributed by atoms with Gasteiger partial charge in [0.2, 0.25) is 0 Å². The Labute approximate surface area is 132 Å². The molecular weight excluding hydrogens is 286 g/mol. The van der Waals surface area contributed by atoms with Gasteiger partial charge in [0, 0.05) is 37.9 Å². The lowest BCUT2D eigenvalue weighted by molar-refractivity contribution is -0.137. The van der Waals surface area contributed by atoms with Crippen LogP contribution in [0.4, 0.5) is 0 Å². The molecule has 6 nitrogen and oxygen atoms in total. The van der Waals surface area contributed by atoms with E-state index in [0.717, 1.165) is 45.2 Å². The number of hydrogen-bond donors (Lipinski definition) is 3. The molecule has 4 atom stereocenters. The van der Waals surface area contributed by atoms with E-state index in [9.17, 15) is 15.0 Å². The second-order valence-corrected chi connectivity index (χ2v) is 6.52. The van der Waals surface area contributed by atoms with Crippen LogP contribution >= 0.6 is 0 Å². The molecule has 0 bridgehead atoms. The second-order valence-electron chi connectivity index (χ2n) is 6.52. The number of ether oxygens (including phenoxy) is 1. The van der Waals surface area contributed by atoms with Crippen LogP contribution in [0.25, 0.3) is 0 Å². The summed E-state index contributed by atoms with van der Waals surface area (Å²) < 4.78 is 5.37. The molecule has 6 heteroatoms. The Morgan fingerprint density at radius 1 is 1.05 bits per heavy atom.